The van der Waals surface area contributed by atoms with Crippen LogP contribution in [0.4, 0.5) is 0 Å². The number of nitrogens with one attached hydrogen (secondary N) is 2. The zero-order valence-electron chi connectivity index (χ0n) is 10.7. The van der Waals surface area contributed by atoms with Crippen LogP contribution in [0, 0.1) is 6.92 Å². The normalized spacial score (nSPS) is 13.8. The van der Waals surface area contributed by atoms with Crippen molar-refractivity contribution < 1.29 is 18.3 Å². The molecule has 1 atom stereocenters. The van der Waals surface area contributed by atoms with Gasteiger partial charge in [0, 0.05) is 24.4 Å². The van der Waals surface area contributed by atoms with Crippen molar-refractivity contribution in [1.82, 2.24) is 14.9 Å². The largest absolute Gasteiger partial charge is 0.392 e. The highest BCUT2D eigenvalue weighted by Crippen LogP contribution is 2.15. The van der Waals surface area contributed by atoms with Crippen LogP contribution in [0.15, 0.2) is 5.03 Å². The molecule has 0 amide bonds. The SMILES string of the molecule is CCOC(C)CNS(=O)(=O)c1n[nH]c(C)c1CO. The Morgan fingerprint density at radius 3 is 2.78 bits per heavy atom. The highest BCUT2D eigenvalue weighted by Gasteiger charge is 2.23. The summed E-state index contributed by atoms with van der Waals surface area (Å²) >= 11 is 0. The number of aliphatic hydroxyl groups excluding tert-OH is 1. The van der Waals surface area contributed by atoms with Gasteiger partial charge in [-0.05, 0) is 20.8 Å². The molecular weight excluding hydrogens is 258 g/mol. The number of hydrogen-bond acceptors (Lipinski definition) is 5. The van der Waals surface area contributed by atoms with Crippen LogP contribution in [-0.2, 0) is 21.4 Å². The molecule has 0 saturated heterocycles. The van der Waals surface area contributed by atoms with Gasteiger partial charge in [-0.25, -0.2) is 13.1 Å². The standard InChI is InChI=1S/C10H19N3O4S/c1-4-17-7(2)5-11-18(15,16)10-9(6-14)8(3)12-13-10/h7,11,14H,4-6H2,1-3H3,(H,12,13). The highest BCUT2D eigenvalue weighted by atomic mass is 32.2. The van der Waals surface area contributed by atoms with E-state index in [2.05, 4.69) is 14.9 Å². The van der Waals surface area contributed by atoms with Gasteiger partial charge in [0.1, 0.15) is 0 Å². The number of aliphatic hydroxyl groups is 1. The maximum absolute atomic E-state index is 12.0. The Bertz CT molecular complexity index is 483. The van der Waals surface area contributed by atoms with Crippen LogP contribution in [-0.4, -0.2) is 43.0 Å². The van der Waals surface area contributed by atoms with Crippen LogP contribution in [0.5, 0.6) is 0 Å². The number of ether oxygens (including phenoxy) is 1. The lowest BCUT2D eigenvalue weighted by molar-refractivity contribution is 0.0799. The molecule has 1 heterocycles. The topological polar surface area (TPSA) is 104 Å². The second-order valence-electron chi connectivity index (χ2n) is 3.91. The fraction of sp³-hybridized carbons (Fsp3) is 0.700. The van der Waals surface area contributed by atoms with Crippen molar-refractivity contribution in [3.63, 3.8) is 0 Å². The summed E-state index contributed by atoms with van der Waals surface area (Å²) in [6.07, 6.45) is -0.220. The van der Waals surface area contributed by atoms with Gasteiger partial charge in [0.15, 0.2) is 5.03 Å². The molecule has 7 nitrogen and oxygen atoms in total. The van der Waals surface area contributed by atoms with Gasteiger partial charge in [-0.2, -0.15) is 5.10 Å². The summed E-state index contributed by atoms with van der Waals surface area (Å²) in [6.45, 7) is 5.57. The average molecular weight is 277 g/mol. The van der Waals surface area contributed by atoms with Crippen LogP contribution in [0.25, 0.3) is 0 Å². The zero-order chi connectivity index (χ0) is 13.8. The number of nitrogens with zero attached hydrogens (tertiary/aromatic N) is 1. The smallest absolute Gasteiger partial charge is 0.260 e. The number of aryl methyl sites for hydroxylation is 1. The van der Waals surface area contributed by atoms with E-state index in [9.17, 15) is 8.42 Å². The van der Waals surface area contributed by atoms with E-state index in [1.165, 1.54) is 0 Å². The second-order valence-corrected chi connectivity index (χ2v) is 5.59. The highest BCUT2D eigenvalue weighted by molar-refractivity contribution is 7.89. The van der Waals surface area contributed by atoms with Gasteiger partial charge in [-0.15, -0.1) is 0 Å². The Morgan fingerprint density at radius 1 is 1.56 bits per heavy atom. The van der Waals surface area contributed by atoms with Gasteiger partial charge in [0.25, 0.3) is 10.0 Å². The van der Waals surface area contributed by atoms with Crippen LogP contribution in [0.3, 0.4) is 0 Å². The van der Waals surface area contributed by atoms with E-state index < -0.39 is 10.0 Å². The fourth-order valence-electron chi connectivity index (χ4n) is 1.48. The molecule has 104 valence electrons. The van der Waals surface area contributed by atoms with Gasteiger partial charge in [0.2, 0.25) is 0 Å². The predicted molar refractivity (Wildman–Crippen MR) is 65.5 cm³/mol. The number of aromatic amines is 1. The summed E-state index contributed by atoms with van der Waals surface area (Å²) in [4.78, 5) is 0. The lowest BCUT2D eigenvalue weighted by Crippen LogP contribution is -2.32. The predicted octanol–water partition coefficient (Wildman–Crippen LogP) is -0.0863. The minimum atomic E-state index is -3.73. The van der Waals surface area contributed by atoms with E-state index >= 15 is 0 Å². The van der Waals surface area contributed by atoms with E-state index in [1.807, 2.05) is 6.92 Å². The number of sulfonamides is 1. The average Bonchev–Trinajstić information content (AvgIpc) is 2.69. The third kappa shape index (κ3) is 3.52. The molecule has 0 spiro atoms. The molecule has 1 aromatic heterocycles. The summed E-state index contributed by atoms with van der Waals surface area (Å²) in [5.74, 6) is 0. The van der Waals surface area contributed by atoms with Gasteiger partial charge in [-0.3, -0.25) is 5.10 Å². The third-order valence-corrected chi connectivity index (χ3v) is 3.85. The van der Waals surface area contributed by atoms with Gasteiger partial charge in [0.05, 0.1) is 12.7 Å². The summed E-state index contributed by atoms with van der Waals surface area (Å²) in [6, 6.07) is 0. The quantitative estimate of drug-likeness (QED) is 0.646. The summed E-state index contributed by atoms with van der Waals surface area (Å²) in [5.41, 5.74) is 0.822. The van der Waals surface area contributed by atoms with Gasteiger partial charge < -0.3 is 9.84 Å². The Kier molecular flexibility index (Phi) is 5.27. The molecule has 1 rings (SSSR count). The van der Waals surface area contributed by atoms with Crippen molar-refractivity contribution in [2.75, 3.05) is 13.2 Å². The number of rotatable bonds is 7. The Hall–Kier alpha value is -0.960. The maximum atomic E-state index is 12.0. The lowest BCUT2D eigenvalue weighted by atomic mass is 10.3. The van der Waals surface area contributed by atoms with Crippen molar-refractivity contribution in [1.29, 1.82) is 0 Å². The molecule has 3 N–H and O–H groups in total. The molecular formula is C10H19N3O4S. The van der Waals surface area contributed by atoms with Crippen molar-refractivity contribution in [2.45, 2.75) is 38.5 Å². The van der Waals surface area contributed by atoms with Crippen LogP contribution in [0.1, 0.15) is 25.1 Å². The molecule has 18 heavy (non-hydrogen) atoms. The van der Waals surface area contributed by atoms with Crippen molar-refractivity contribution >= 4 is 10.0 Å². The molecule has 0 aliphatic rings. The molecule has 1 unspecified atom stereocenters. The van der Waals surface area contributed by atoms with Crippen molar-refractivity contribution in [2.24, 2.45) is 0 Å². The van der Waals surface area contributed by atoms with E-state index in [-0.39, 0.29) is 29.8 Å². The maximum Gasteiger partial charge on any atom is 0.260 e. The minimum Gasteiger partial charge on any atom is -0.392 e. The summed E-state index contributed by atoms with van der Waals surface area (Å²) in [5, 5.41) is 15.2. The molecule has 1 aromatic rings. The first kappa shape index (κ1) is 15.1. The van der Waals surface area contributed by atoms with Gasteiger partial charge in [-0.1, -0.05) is 0 Å². The molecule has 8 heteroatoms. The summed E-state index contributed by atoms with van der Waals surface area (Å²) < 4.78 is 31.6. The van der Waals surface area contributed by atoms with Crippen LogP contribution >= 0.6 is 0 Å². The Morgan fingerprint density at radius 2 is 2.22 bits per heavy atom. The third-order valence-electron chi connectivity index (χ3n) is 2.46. The lowest BCUT2D eigenvalue weighted by Gasteiger charge is -2.12. The molecule has 0 aliphatic heterocycles. The Labute approximate surface area is 107 Å². The van der Waals surface area contributed by atoms with Crippen LogP contribution < -0.4 is 4.72 Å². The van der Waals surface area contributed by atoms with E-state index in [4.69, 9.17) is 9.84 Å². The molecule has 0 bridgehead atoms. The van der Waals surface area contributed by atoms with E-state index in [0.717, 1.165) is 0 Å². The van der Waals surface area contributed by atoms with E-state index in [1.54, 1.807) is 13.8 Å². The van der Waals surface area contributed by atoms with Crippen LogP contribution in [0.2, 0.25) is 0 Å². The molecule has 0 radical (unpaired) electrons. The fourth-order valence-corrected chi connectivity index (χ4v) is 2.78. The molecule has 0 fully saturated rings. The number of aromatic nitrogens is 2. The first-order valence-corrected chi connectivity index (χ1v) is 7.16. The minimum absolute atomic E-state index is 0.160. The first-order chi connectivity index (χ1) is 8.42. The summed E-state index contributed by atoms with van der Waals surface area (Å²) in [7, 11) is -3.73. The zero-order valence-corrected chi connectivity index (χ0v) is 11.5. The number of hydrogen-bond donors (Lipinski definition) is 3. The monoisotopic (exact) mass is 277 g/mol. The van der Waals surface area contributed by atoms with E-state index in [0.29, 0.717) is 12.3 Å². The second kappa shape index (κ2) is 6.28. The van der Waals surface area contributed by atoms with Gasteiger partial charge >= 0.3 is 0 Å². The first-order valence-electron chi connectivity index (χ1n) is 5.68. The van der Waals surface area contributed by atoms with Crippen molar-refractivity contribution in [3.8, 4) is 0 Å². The van der Waals surface area contributed by atoms with Crippen molar-refractivity contribution in [3.05, 3.63) is 11.3 Å². The molecule has 0 aliphatic carbocycles. The Balaban J connectivity index is 2.80. The number of H-pyrrole nitrogens is 1. The molecule has 0 saturated carbocycles. The molecule has 0 aromatic carbocycles.